The molecule has 0 saturated carbocycles. The van der Waals surface area contributed by atoms with Crippen molar-refractivity contribution >= 4 is 12.0 Å². The third-order valence-corrected chi connectivity index (χ3v) is 2.51. The van der Waals surface area contributed by atoms with Crippen LogP contribution in [0.3, 0.4) is 0 Å². The van der Waals surface area contributed by atoms with E-state index in [9.17, 15) is 18.3 Å². The van der Waals surface area contributed by atoms with E-state index in [2.05, 4.69) is 4.99 Å². The molecule has 0 saturated heterocycles. The average Bonchev–Trinajstić information content (AvgIpc) is 2.25. The highest BCUT2D eigenvalue weighted by molar-refractivity contribution is 5.64. The molecule has 0 heterocycles. The van der Waals surface area contributed by atoms with Crippen LogP contribution < -0.4 is 0 Å². The molecule has 0 bridgehead atoms. The monoisotopic (exact) mass is 260 g/mol. The molecule has 6 heteroatoms. The quantitative estimate of drug-likeness (QED) is 0.668. The smallest absolute Gasteiger partial charge is 0.420 e. The Bertz CT molecular complexity index is 455. The Labute approximate surface area is 104 Å². The molecule has 1 rings (SSSR count). The van der Waals surface area contributed by atoms with Crippen molar-refractivity contribution < 1.29 is 18.3 Å². The van der Waals surface area contributed by atoms with E-state index in [1.165, 1.54) is 6.34 Å². The van der Waals surface area contributed by atoms with Crippen molar-refractivity contribution in [3.05, 3.63) is 23.3 Å². The van der Waals surface area contributed by atoms with E-state index in [1.54, 1.807) is 18.9 Å². The van der Waals surface area contributed by atoms with Gasteiger partial charge in [0, 0.05) is 13.6 Å². The van der Waals surface area contributed by atoms with E-state index in [0.717, 1.165) is 12.1 Å². The van der Waals surface area contributed by atoms with Gasteiger partial charge in [-0.15, -0.1) is 0 Å². The van der Waals surface area contributed by atoms with Crippen LogP contribution in [0.15, 0.2) is 17.1 Å². The number of hydrogen-bond donors (Lipinski definition) is 1. The Kier molecular flexibility index (Phi) is 4.21. The van der Waals surface area contributed by atoms with Gasteiger partial charge in [-0.3, -0.25) is 0 Å². The van der Waals surface area contributed by atoms with Gasteiger partial charge < -0.3 is 10.0 Å². The Morgan fingerprint density at radius 1 is 1.39 bits per heavy atom. The molecule has 0 aliphatic heterocycles. The van der Waals surface area contributed by atoms with Crippen LogP contribution in [0.25, 0.3) is 0 Å². The third kappa shape index (κ3) is 3.38. The number of rotatable bonds is 3. The second kappa shape index (κ2) is 5.29. The van der Waals surface area contributed by atoms with Crippen molar-refractivity contribution in [3.8, 4) is 5.75 Å². The number of halogens is 3. The zero-order valence-electron chi connectivity index (χ0n) is 10.4. The first-order valence-corrected chi connectivity index (χ1v) is 5.41. The molecule has 0 atom stereocenters. The van der Waals surface area contributed by atoms with E-state index >= 15 is 0 Å². The summed E-state index contributed by atoms with van der Waals surface area (Å²) in [4.78, 5) is 5.72. The summed E-state index contributed by atoms with van der Waals surface area (Å²) >= 11 is 0. The van der Waals surface area contributed by atoms with Gasteiger partial charge >= 0.3 is 6.18 Å². The molecule has 0 unspecified atom stereocenters. The lowest BCUT2D eigenvalue weighted by Crippen LogP contribution is -2.14. The fourth-order valence-electron chi connectivity index (χ4n) is 1.29. The Morgan fingerprint density at radius 3 is 2.50 bits per heavy atom. The van der Waals surface area contributed by atoms with Crippen LogP contribution >= 0.6 is 0 Å². The fraction of sp³-hybridized carbons (Fsp3) is 0.417. The van der Waals surface area contributed by atoms with Gasteiger partial charge in [0.2, 0.25) is 0 Å². The van der Waals surface area contributed by atoms with Crippen molar-refractivity contribution in [3.63, 3.8) is 0 Å². The maximum atomic E-state index is 12.6. The number of benzene rings is 1. The number of phenols is 1. The second-order valence-corrected chi connectivity index (χ2v) is 3.97. The molecule has 1 N–H and O–H groups in total. The van der Waals surface area contributed by atoms with Crippen LogP contribution in [-0.4, -0.2) is 29.9 Å². The molecule has 18 heavy (non-hydrogen) atoms. The average molecular weight is 260 g/mol. The van der Waals surface area contributed by atoms with Crippen LogP contribution in [-0.2, 0) is 6.18 Å². The summed E-state index contributed by atoms with van der Waals surface area (Å²) in [7, 11) is 1.77. The van der Waals surface area contributed by atoms with E-state index in [-0.39, 0.29) is 5.69 Å². The Hall–Kier alpha value is -1.72. The predicted octanol–water partition coefficient (Wildman–Crippen LogP) is 3.33. The first kappa shape index (κ1) is 14.3. The highest BCUT2D eigenvalue weighted by Crippen LogP contribution is 2.39. The molecule has 100 valence electrons. The molecule has 0 spiro atoms. The van der Waals surface area contributed by atoms with Gasteiger partial charge in [-0.05, 0) is 31.5 Å². The number of aromatic hydroxyl groups is 1. The Balaban J connectivity index is 3.18. The Morgan fingerprint density at radius 2 is 2.00 bits per heavy atom. The normalized spacial score (nSPS) is 12.1. The lowest BCUT2D eigenvalue weighted by molar-refractivity contribution is -0.138. The van der Waals surface area contributed by atoms with Crippen LogP contribution in [0.2, 0.25) is 0 Å². The minimum absolute atomic E-state index is 0.195. The minimum atomic E-state index is -4.58. The van der Waals surface area contributed by atoms with Crippen LogP contribution in [0.4, 0.5) is 18.9 Å². The predicted molar refractivity (Wildman–Crippen MR) is 64.3 cm³/mol. The van der Waals surface area contributed by atoms with E-state index in [0.29, 0.717) is 12.1 Å². The first-order valence-electron chi connectivity index (χ1n) is 5.41. The number of alkyl halides is 3. The van der Waals surface area contributed by atoms with Crippen molar-refractivity contribution in [1.82, 2.24) is 4.90 Å². The summed E-state index contributed by atoms with van der Waals surface area (Å²) in [6.07, 6.45) is -3.13. The van der Waals surface area contributed by atoms with Crippen LogP contribution in [0.1, 0.15) is 18.1 Å². The molecule has 0 aromatic heterocycles. The highest BCUT2D eigenvalue weighted by Gasteiger charge is 2.34. The largest absolute Gasteiger partial charge is 0.507 e. The molecular weight excluding hydrogens is 245 g/mol. The van der Waals surface area contributed by atoms with Crippen LogP contribution in [0.5, 0.6) is 5.75 Å². The standard InChI is InChI=1S/C12H15F3N2O/c1-4-17(3)7-16-10-6-9(12(13,14)15)11(18)5-8(10)2/h5-7,18H,4H2,1-3H3. The molecule has 3 nitrogen and oxygen atoms in total. The molecule has 1 aromatic carbocycles. The van der Waals surface area contributed by atoms with Crippen molar-refractivity contribution in [1.29, 1.82) is 0 Å². The summed E-state index contributed by atoms with van der Waals surface area (Å²) in [6.45, 7) is 4.20. The SMILES string of the molecule is CCN(C)C=Nc1cc(C(F)(F)F)c(O)cc1C. The molecule has 0 radical (unpaired) electrons. The molecule has 0 aliphatic carbocycles. The van der Waals surface area contributed by atoms with E-state index in [1.807, 2.05) is 6.92 Å². The minimum Gasteiger partial charge on any atom is -0.507 e. The van der Waals surface area contributed by atoms with E-state index < -0.39 is 17.5 Å². The topological polar surface area (TPSA) is 35.8 Å². The first-order chi connectivity index (χ1) is 8.25. The van der Waals surface area contributed by atoms with Gasteiger partial charge in [0.05, 0.1) is 17.6 Å². The summed E-state index contributed by atoms with van der Waals surface area (Å²) in [5.41, 5.74) is -0.388. The van der Waals surface area contributed by atoms with Gasteiger partial charge in [-0.25, -0.2) is 4.99 Å². The van der Waals surface area contributed by atoms with Gasteiger partial charge in [0.1, 0.15) is 5.75 Å². The van der Waals surface area contributed by atoms with E-state index in [4.69, 9.17) is 0 Å². The van der Waals surface area contributed by atoms with Gasteiger partial charge in [-0.2, -0.15) is 13.2 Å². The summed E-state index contributed by atoms with van der Waals surface area (Å²) in [6, 6.07) is 1.92. The lowest BCUT2D eigenvalue weighted by atomic mass is 10.1. The molecule has 0 fully saturated rings. The zero-order valence-corrected chi connectivity index (χ0v) is 10.4. The second-order valence-electron chi connectivity index (χ2n) is 3.97. The van der Waals surface area contributed by atoms with Crippen molar-refractivity contribution in [2.75, 3.05) is 13.6 Å². The number of aryl methyl sites for hydroxylation is 1. The van der Waals surface area contributed by atoms with Gasteiger partial charge in [0.15, 0.2) is 0 Å². The number of aliphatic imine (C=N–C) groups is 1. The van der Waals surface area contributed by atoms with Crippen molar-refractivity contribution in [2.45, 2.75) is 20.0 Å². The summed E-state index contributed by atoms with van der Waals surface area (Å²) < 4.78 is 37.8. The zero-order chi connectivity index (χ0) is 13.9. The molecular formula is C12H15F3N2O. The maximum absolute atomic E-state index is 12.6. The van der Waals surface area contributed by atoms with Crippen molar-refractivity contribution in [2.24, 2.45) is 4.99 Å². The highest BCUT2D eigenvalue weighted by atomic mass is 19.4. The molecule has 1 aromatic rings. The number of phenolic OH excluding ortho intramolecular Hbond substituents is 1. The summed E-state index contributed by atoms with van der Waals surface area (Å²) in [5, 5.41) is 9.29. The lowest BCUT2D eigenvalue weighted by Gasteiger charge is -2.12. The fourth-order valence-corrected chi connectivity index (χ4v) is 1.29. The van der Waals surface area contributed by atoms with Gasteiger partial charge in [0.25, 0.3) is 0 Å². The number of hydrogen-bond acceptors (Lipinski definition) is 2. The summed E-state index contributed by atoms with van der Waals surface area (Å²) in [5.74, 6) is -0.775. The molecule has 0 amide bonds. The van der Waals surface area contributed by atoms with Crippen LogP contribution in [0, 0.1) is 6.92 Å². The maximum Gasteiger partial charge on any atom is 0.420 e. The third-order valence-electron chi connectivity index (χ3n) is 2.51. The van der Waals surface area contributed by atoms with Gasteiger partial charge in [-0.1, -0.05) is 0 Å². The molecule has 0 aliphatic rings. The number of nitrogens with zero attached hydrogens (tertiary/aromatic N) is 2.